The normalized spacial score (nSPS) is 16.4. The number of rotatable bonds is 5. The van der Waals surface area contributed by atoms with E-state index in [2.05, 4.69) is 72.6 Å². The van der Waals surface area contributed by atoms with Gasteiger partial charge in [0.1, 0.15) is 0 Å². The molecule has 0 saturated carbocycles. The van der Waals surface area contributed by atoms with Gasteiger partial charge in [-0.1, -0.05) is 71.0 Å². The molecule has 5 rings (SSSR count). The van der Waals surface area contributed by atoms with Crippen LogP contribution in [-0.4, -0.2) is 33.6 Å². The van der Waals surface area contributed by atoms with E-state index in [0.29, 0.717) is 13.1 Å². The molecule has 2 aromatic heterocycles. The lowest BCUT2D eigenvalue weighted by molar-refractivity contribution is -0.125. The second-order valence-corrected chi connectivity index (χ2v) is 9.53. The summed E-state index contributed by atoms with van der Waals surface area (Å²) < 4.78 is 1.86. The molecule has 164 valence electrons. The Morgan fingerprint density at radius 3 is 2.53 bits per heavy atom. The summed E-state index contributed by atoms with van der Waals surface area (Å²) in [6.45, 7) is 6.34. The molecular formula is C25H27N5OS. The van der Waals surface area contributed by atoms with Gasteiger partial charge in [0.15, 0.2) is 0 Å². The van der Waals surface area contributed by atoms with E-state index >= 15 is 0 Å². The molecule has 3 heterocycles. The first-order chi connectivity index (χ1) is 15.5. The monoisotopic (exact) mass is 445 g/mol. The predicted molar refractivity (Wildman–Crippen MR) is 129 cm³/mol. The number of amides is 1. The van der Waals surface area contributed by atoms with Gasteiger partial charge in [0, 0.05) is 25.2 Å². The average Bonchev–Trinajstić information content (AvgIpc) is 3.39. The summed E-state index contributed by atoms with van der Waals surface area (Å²) in [4.78, 5) is 20.7. The molecule has 1 saturated heterocycles. The minimum absolute atomic E-state index is 0.0199. The summed E-state index contributed by atoms with van der Waals surface area (Å²) in [7, 11) is 0. The number of aryl methyl sites for hydroxylation is 2. The number of hydrogen-bond acceptors (Lipinski definition) is 5. The van der Waals surface area contributed by atoms with E-state index in [1.165, 1.54) is 11.1 Å². The maximum Gasteiger partial charge on any atom is 0.225 e. The molecule has 0 bridgehead atoms. The second kappa shape index (κ2) is 8.74. The highest BCUT2D eigenvalue weighted by molar-refractivity contribution is 7.20. The highest BCUT2D eigenvalue weighted by Crippen LogP contribution is 2.30. The number of imidazole rings is 1. The average molecular weight is 446 g/mol. The Labute approximate surface area is 191 Å². The smallest absolute Gasteiger partial charge is 0.225 e. The Morgan fingerprint density at radius 2 is 1.81 bits per heavy atom. The van der Waals surface area contributed by atoms with Gasteiger partial charge in [0.05, 0.1) is 17.8 Å². The molecule has 1 amide bonds. The lowest BCUT2D eigenvalue weighted by Crippen LogP contribution is -2.43. The van der Waals surface area contributed by atoms with Gasteiger partial charge in [0.25, 0.3) is 0 Å². The van der Waals surface area contributed by atoms with Crippen molar-refractivity contribution in [1.82, 2.24) is 19.9 Å². The van der Waals surface area contributed by atoms with Crippen molar-refractivity contribution in [2.24, 2.45) is 5.92 Å². The number of carbonyl (C=O) groups excluding carboxylic acids is 1. The molecule has 32 heavy (non-hydrogen) atoms. The third kappa shape index (κ3) is 4.39. The molecule has 7 heteroatoms. The molecule has 1 aliphatic rings. The summed E-state index contributed by atoms with van der Waals surface area (Å²) in [6.07, 6.45) is 3.88. The van der Waals surface area contributed by atoms with Crippen molar-refractivity contribution < 1.29 is 4.79 Å². The molecule has 1 N–H and O–H groups in total. The summed E-state index contributed by atoms with van der Waals surface area (Å²) in [5.41, 5.74) is 5.61. The Bertz CT molecular complexity index is 1190. The molecule has 4 aromatic rings. The van der Waals surface area contributed by atoms with Crippen molar-refractivity contribution in [1.29, 1.82) is 0 Å². The van der Waals surface area contributed by atoms with Crippen molar-refractivity contribution in [3.05, 3.63) is 71.4 Å². The predicted octanol–water partition coefficient (Wildman–Crippen LogP) is 4.61. The van der Waals surface area contributed by atoms with Crippen molar-refractivity contribution in [2.75, 3.05) is 18.0 Å². The quantitative estimate of drug-likeness (QED) is 0.487. The van der Waals surface area contributed by atoms with Crippen LogP contribution in [0.25, 0.3) is 16.2 Å². The van der Waals surface area contributed by atoms with Crippen LogP contribution in [0, 0.1) is 19.8 Å². The minimum atomic E-state index is -0.0199. The SMILES string of the molecule is Cc1ccc(CNC(=O)[C@H]2CCCN(c3nn4cc(-c5ccc(C)cc5)nc4s3)C2)cc1. The first-order valence-electron chi connectivity index (χ1n) is 11.1. The fourth-order valence-electron chi connectivity index (χ4n) is 4.09. The first-order valence-corrected chi connectivity index (χ1v) is 11.9. The Morgan fingerprint density at radius 1 is 1.09 bits per heavy atom. The maximum absolute atomic E-state index is 12.8. The molecular weight excluding hydrogens is 418 g/mol. The lowest BCUT2D eigenvalue weighted by atomic mass is 9.97. The molecule has 0 radical (unpaired) electrons. The molecule has 6 nitrogen and oxygen atoms in total. The van der Waals surface area contributed by atoms with Crippen molar-refractivity contribution in [2.45, 2.75) is 33.2 Å². The fraction of sp³-hybridized carbons (Fsp3) is 0.320. The maximum atomic E-state index is 12.8. The number of anilines is 1. The van der Waals surface area contributed by atoms with Gasteiger partial charge in [-0.05, 0) is 32.3 Å². The fourth-order valence-corrected chi connectivity index (χ4v) is 5.00. The molecule has 0 spiro atoms. The zero-order valence-corrected chi connectivity index (χ0v) is 19.2. The van der Waals surface area contributed by atoms with Crippen LogP contribution in [0.1, 0.15) is 29.5 Å². The van der Waals surface area contributed by atoms with E-state index in [0.717, 1.165) is 46.3 Å². The van der Waals surface area contributed by atoms with Gasteiger partial charge in [-0.2, -0.15) is 0 Å². The minimum Gasteiger partial charge on any atom is -0.352 e. The van der Waals surface area contributed by atoms with Crippen LogP contribution in [0.3, 0.4) is 0 Å². The van der Waals surface area contributed by atoms with E-state index in [4.69, 9.17) is 10.1 Å². The molecule has 1 atom stereocenters. The zero-order chi connectivity index (χ0) is 22.1. The van der Waals surface area contributed by atoms with Crippen molar-refractivity contribution >= 4 is 27.3 Å². The number of aromatic nitrogens is 3. The van der Waals surface area contributed by atoms with Crippen LogP contribution in [0.2, 0.25) is 0 Å². The van der Waals surface area contributed by atoms with Crippen LogP contribution in [0.5, 0.6) is 0 Å². The summed E-state index contributed by atoms with van der Waals surface area (Å²) in [5, 5.41) is 8.80. The first kappa shape index (κ1) is 20.7. The number of nitrogens with zero attached hydrogens (tertiary/aromatic N) is 4. The number of fused-ring (bicyclic) bond motifs is 1. The Balaban J connectivity index is 1.24. The molecule has 1 fully saturated rings. The standard InChI is InChI=1S/C25H27N5OS/c1-17-5-9-19(10-6-17)14-26-23(31)21-4-3-13-29(15-21)25-28-30-16-22(27-24(30)32-25)20-11-7-18(2)8-12-20/h5-12,16,21H,3-4,13-15H2,1-2H3,(H,26,31)/t21-/m0/s1. The number of benzene rings is 2. The van der Waals surface area contributed by atoms with Crippen LogP contribution >= 0.6 is 11.3 Å². The lowest BCUT2D eigenvalue weighted by Gasteiger charge is -2.31. The van der Waals surface area contributed by atoms with Gasteiger partial charge in [-0.25, -0.2) is 9.50 Å². The number of piperidine rings is 1. The summed E-state index contributed by atoms with van der Waals surface area (Å²) in [6, 6.07) is 16.7. The number of nitrogens with one attached hydrogen (secondary N) is 1. The van der Waals surface area contributed by atoms with Gasteiger partial charge in [-0.15, -0.1) is 5.10 Å². The zero-order valence-electron chi connectivity index (χ0n) is 18.4. The molecule has 2 aromatic carbocycles. The summed E-state index contributed by atoms with van der Waals surface area (Å²) in [5.74, 6) is 0.104. The van der Waals surface area contributed by atoms with Crippen LogP contribution in [0.4, 0.5) is 5.13 Å². The Hall–Kier alpha value is -3.19. The van der Waals surface area contributed by atoms with E-state index in [9.17, 15) is 4.79 Å². The third-order valence-electron chi connectivity index (χ3n) is 6.03. The third-order valence-corrected chi connectivity index (χ3v) is 7.01. The van der Waals surface area contributed by atoms with Crippen molar-refractivity contribution in [3.8, 4) is 11.3 Å². The van der Waals surface area contributed by atoms with Gasteiger partial charge >= 0.3 is 0 Å². The molecule has 1 aliphatic heterocycles. The van der Waals surface area contributed by atoms with Crippen molar-refractivity contribution in [3.63, 3.8) is 0 Å². The van der Waals surface area contributed by atoms with Gasteiger partial charge < -0.3 is 10.2 Å². The Kier molecular flexibility index (Phi) is 5.66. The van der Waals surface area contributed by atoms with Gasteiger partial charge in [-0.3, -0.25) is 4.79 Å². The van der Waals surface area contributed by atoms with Gasteiger partial charge in [0.2, 0.25) is 16.0 Å². The summed E-state index contributed by atoms with van der Waals surface area (Å²) >= 11 is 1.58. The van der Waals surface area contributed by atoms with E-state index in [1.54, 1.807) is 11.3 Å². The highest BCUT2D eigenvalue weighted by Gasteiger charge is 2.27. The largest absolute Gasteiger partial charge is 0.352 e. The second-order valence-electron chi connectivity index (χ2n) is 8.59. The van der Waals surface area contributed by atoms with Crippen LogP contribution in [0.15, 0.2) is 54.7 Å². The van der Waals surface area contributed by atoms with Crippen LogP contribution < -0.4 is 10.2 Å². The van der Waals surface area contributed by atoms with E-state index in [-0.39, 0.29) is 11.8 Å². The van der Waals surface area contributed by atoms with Crippen LogP contribution in [-0.2, 0) is 11.3 Å². The van der Waals surface area contributed by atoms with E-state index in [1.807, 2.05) is 10.7 Å². The highest BCUT2D eigenvalue weighted by atomic mass is 32.1. The number of carbonyl (C=O) groups is 1. The topological polar surface area (TPSA) is 62.5 Å². The van der Waals surface area contributed by atoms with E-state index < -0.39 is 0 Å². The molecule has 0 unspecified atom stereocenters. The molecule has 0 aliphatic carbocycles. The number of hydrogen-bond donors (Lipinski definition) is 1.